The lowest BCUT2D eigenvalue weighted by Crippen LogP contribution is -2.26. The van der Waals surface area contributed by atoms with Gasteiger partial charge >= 0.3 is 0 Å². The summed E-state index contributed by atoms with van der Waals surface area (Å²) in [4.78, 5) is 0. The van der Waals surface area contributed by atoms with Crippen molar-refractivity contribution in [2.24, 2.45) is 0 Å². The summed E-state index contributed by atoms with van der Waals surface area (Å²) in [7, 11) is -3.16. The van der Waals surface area contributed by atoms with E-state index in [9.17, 15) is 8.76 Å². The summed E-state index contributed by atoms with van der Waals surface area (Å²) in [5, 5.41) is 25.8. The molecular formula is C72H107N7O2S10. The van der Waals surface area contributed by atoms with E-state index in [-0.39, 0.29) is 5.75 Å². The Morgan fingerprint density at radius 2 is 0.714 bits per heavy atom. The summed E-state index contributed by atoms with van der Waals surface area (Å²) in [5.74, 6) is 7.84. The largest absolute Gasteiger partial charge is 0.730 e. The minimum atomic E-state index is -3.16. The fourth-order valence-corrected chi connectivity index (χ4v) is 19.4. The van der Waals surface area contributed by atoms with Gasteiger partial charge in [0.1, 0.15) is 10.0 Å². The predicted octanol–water partition coefficient (Wildman–Crippen LogP) is 24.3. The van der Waals surface area contributed by atoms with Crippen LogP contribution in [0.25, 0.3) is 6.08 Å². The number of nitrogens with zero attached hydrogens (tertiary/aromatic N) is 7. The number of hydrogen-bond donors (Lipinski definition) is 0. The van der Waals surface area contributed by atoms with Gasteiger partial charge in [-0.15, -0.1) is 30.6 Å². The van der Waals surface area contributed by atoms with Crippen molar-refractivity contribution in [3.63, 3.8) is 0 Å². The minimum Gasteiger partial charge on any atom is -0.730 e. The molecule has 0 aliphatic carbocycles. The van der Waals surface area contributed by atoms with Gasteiger partial charge in [-0.25, -0.2) is 4.21 Å². The van der Waals surface area contributed by atoms with Crippen molar-refractivity contribution in [2.75, 3.05) is 30.3 Å². The number of thioether (sulfide) groups is 6. The average Bonchev–Trinajstić information content (AvgIpc) is 3.92. The van der Waals surface area contributed by atoms with Gasteiger partial charge in [-0.2, -0.15) is 3.95 Å². The van der Waals surface area contributed by atoms with E-state index in [1.165, 1.54) is 103 Å². The van der Waals surface area contributed by atoms with Gasteiger partial charge in [0.25, 0.3) is 0 Å². The maximum Gasteiger partial charge on any atom is 0.175 e. The zero-order valence-electron chi connectivity index (χ0n) is 56.7. The number of unbranched alkanes of at least 4 members (excludes halogenated alkanes) is 9. The van der Waals surface area contributed by atoms with Crippen molar-refractivity contribution in [3.05, 3.63) is 148 Å². The Morgan fingerprint density at radius 3 is 1.01 bits per heavy atom. The van der Waals surface area contributed by atoms with Crippen LogP contribution in [0, 0.1) is 0 Å². The molecule has 4 aromatic carbocycles. The fourth-order valence-electron chi connectivity index (χ4n) is 8.70. The van der Waals surface area contributed by atoms with Crippen LogP contribution in [-0.4, -0.2) is 73.6 Å². The summed E-state index contributed by atoms with van der Waals surface area (Å²) < 4.78 is 33.3. The van der Waals surface area contributed by atoms with Crippen LogP contribution in [0.15, 0.2) is 130 Å². The van der Waals surface area contributed by atoms with Gasteiger partial charge in [0, 0.05) is 47.4 Å². The standard InChI is InChI=1S/C25H41N3O2S4.C22H24N2S3.C17H24N2S3.C8H18/c1-5-8-16-28(17-9-6-2)34(29,30)19-11-10-18-31-24-26-27-25(33-24)32-20-22-12-14-23(15-13-22)21(4)7-3;1-4-16(3)20-12-10-19(11-13-20)15-26-22-24-23-21(27-22)25-14-18-8-6-17(5-2)7-9-18;1-4-6-11-20-16-18-19-17(22-16)21-12-14-7-9-15(10-8-14)13(3)5-2;1-3-5-7-8-6-4-2/h12-15,21H,5-11,16-20H2,1-4H3;5-13,16H,2,4,14-15H2,1,3H3;7-10,13H,4-6,11-12H2,1-3H3;3-8H2,1-2H3. The van der Waals surface area contributed by atoms with Crippen LogP contribution in [0.5, 0.6) is 0 Å². The van der Waals surface area contributed by atoms with Crippen LogP contribution < -0.4 is 0 Å². The molecule has 4 atom stereocenters. The third kappa shape index (κ3) is 33.7. The van der Waals surface area contributed by atoms with Gasteiger partial charge in [-0.05, 0) is 101 Å². The van der Waals surface area contributed by atoms with Crippen LogP contribution >= 0.6 is 105 Å². The summed E-state index contributed by atoms with van der Waals surface area (Å²) in [6.07, 6.45) is 21.8. The second-order valence-electron chi connectivity index (χ2n) is 22.8. The molecule has 0 aliphatic heterocycles. The van der Waals surface area contributed by atoms with Crippen molar-refractivity contribution in [1.29, 1.82) is 0 Å². The second-order valence-corrected chi connectivity index (χ2v) is 35.4. The highest BCUT2D eigenvalue weighted by Crippen LogP contribution is 2.35. The molecule has 0 bridgehead atoms. The van der Waals surface area contributed by atoms with Crippen molar-refractivity contribution < 1.29 is 12.7 Å². The van der Waals surface area contributed by atoms with Crippen molar-refractivity contribution >= 4 is 121 Å². The Kier molecular flexibility index (Phi) is 43.4. The highest BCUT2D eigenvalue weighted by molar-refractivity contribution is 8.03. The van der Waals surface area contributed by atoms with Gasteiger partial charge in [0.05, 0.1) is 5.75 Å². The summed E-state index contributed by atoms with van der Waals surface area (Å²) in [5.41, 5.74) is 10.7. The lowest BCUT2D eigenvalue weighted by Gasteiger charge is -2.16. The normalized spacial score (nSPS) is 12.7. The Morgan fingerprint density at radius 1 is 0.418 bits per heavy atom. The number of rotatable bonds is 40. The molecule has 0 saturated heterocycles. The molecule has 0 aliphatic rings. The van der Waals surface area contributed by atoms with Crippen LogP contribution in [0.4, 0.5) is 0 Å². The molecule has 0 spiro atoms. The van der Waals surface area contributed by atoms with Crippen LogP contribution in [0.2, 0.25) is 0 Å². The summed E-state index contributed by atoms with van der Waals surface area (Å²) in [6, 6.07) is 35.3. The van der Waals surface area contributed by atoms with Crippen molar-refractivity contribution in [1.82, 2.24) is 30.6 Å². The molecule has 0 radical (unpaired) electrons. The lowest BCUT2D eigenvalue weighted by molar-refractivity contribution is -0.511. The molecule has 91 heavy (non-hydrogen) atoms. The number of aromatic nitrogens is 6. The SMILES string of the molecule is C=Cc1ccc(CSc2nnc(SCc3ccc(C(C)CC)cc3)s2)cc1.CCCCCCCC.CCCCSc1nnc(SCc2ccc(C(C)CC)cc2)s1.CCCC[N+](CCCC)=S(=O)([O-])CCCCSc1nnc(SCc2ccc(C(C)CC)cc2)s1. The third-order valence-electron chi connectivity index (χ3n) is 15.4. The van der Waals surface area contributed by atoms with Gasteiger partial charge in [0.2, 0.25) is 0 Å². The zero-order chi connectivity index (χ0) is 65.9. The van der Waals surface area contributed by atoms with E-state index in [4.69, 9.17) is 0 Å². The van der Waals surface area contributed by atoms with Gasteiger partial charge < -0.3 is 4.55 Å². The molecule has 19 heteroatoms. The Hall–Kier alpha value is -2.69. The third-order valence-corrected chi connectivity index (χ3v) is 27.4. The Balaban J connectivity index is 0.000000279. The monoisotopic (exact) mass is 1420 g/mol. The smallest absolute Gasteiger partial charge is 0.175 e. The van der Waals surface area contributed by atoms with Crippen molar-refractivity contribution in [3.8, 4) is 0 Å². The molecule has 502 valence electrons. The molecule has 0 fully saturated rings. The fraction of sp³-hybridized carbons (Fsp3) is 0.556. The van der Waals surface area contributed by atoms with E-state index in [2.05, 4.69) is 210 Å². The highest BCUT2D eigenvalue weighted by Gasteiger charge is 2.14. The topological polar surface area (TPSA) is 120 Å². The first-order chi connectivity index (χ1) is 44.2. The van der Waals surface area contributed by atoms with Crippen LogP contribution in [-0.2, 0) is 33.0 Å². The minimum absolute atomic E-state index is 0.244. The Labute approximate surface area is 589 Å². The molecule has 7 aromatic rings. The summed E-state index contributed by atoms with van der Waals surface area (Å²) >= 11 is 15.5. The van der Waals surface area contributed by atoms with E-state index in [1.807, 2.05) is 17.8 Å². The molecular weight excluding hydrogens is 1320 g/mol. The van der Waals surface area contributed by atoms with Crippen LogP contribution in [0.1, 0.15) is 248 Å². The van der Waals surface area contributed by atoms with E-state index < -0.39 is 10.0 Å². The van der Waals surface area contributed by atoms with Crippen LogP contribution in [0.3, 0.4) is 0 Å². The van der Waals surface area contributed by atoms with E-state index in [0.29, 0.717) is 37.3 Å². The zero-order valence-corrected chi connectivity index (χ0v) is 64.8. The maximum absolute atomic E-state index is 12.7. The molecule has 9 nitrogen and oxygen atoms in total. The molecule has 0 amide bonds. The van der Waals surface area contributed by atoms with Gasteiger partial charge in [0.15, 0.2) is 39.1 Å². The maximum atomic E-state index is 12.7. The van der Waals surface area contributed by atoms with Gasteiger partial charge in [-0.1, -0.05) is 348 Å². The Bertz CT molecular complexity index is 3090. The summed E-state index contributed by atoms with van der Waals surface area (Å²) in [6.45, 7) is 29.5. The average molecular weight is 1420 g/mol. The van der Waals surface area contributed by atoms with Gasteiger partial charge in [-0.3, -0.25) is 0 Å². The predicted molar refractivity (Wildman–Crippen MR) is 408 cm³/mol. The highest BCUT2D eigenvalue weighted by atomic mass is 32.2. The molecule has 0 saturated carbocycles. The number of hydrogen-bond acceptors (Lipinski definition) is 17. The molecule has 3 heterocycles. The molecule has 0 N–H and O–H groups in total. The first-order valence-electron chi connectivity index (χ1n) is 33.4. The van der Waals surface area contributed by atoms with E-state index in [1.54, 1.807) is 96.8 Å². The molecule has 4 unspecified atom stereocenters. The molecule has 3 aromatic heterocycles. The van der Waals surface area contributed by atoms with E-state index in [0.717, 1.165) is 105 Å². The first kappa shape index (κ1) is 80.7. The van der Waals surface area contributed by atoms with E-state index >= 15 is 0 Å². The first-order valence-corrected chi connectivity index (χ1v) is 43.4. The molecule has 7 rings (SSSR count). The quantitative estimate of drug-likeness (QED) is 0.0206. The number of benzene rings is 4. The second kappa shape index (κ2) is 48.9. The van der Waals surface area contributed by atoms with Crippen molar-refractivity contribution in [2.45, 2.75) is 252 Å². The lowest BCUT2D eigenvalue weighted by atomic mass is 9.98.